The Bertz CT molecular complexity index is 246. The van der Waals surface area contributed by atoms with Gasteiger partial charge >= 0.3 is 7.12 Å². The summed E-state index contributed by atoms with van der Waals surface area (Å²) in [6.07, 6.45) is 0.681. The molecule has 1 heterocycles. The summed E-state index contributed by atoms with van der Waals surface area (Å²) in [6.45, 7) is 0. The van der Waals surface area contributed by atoms with Gasteiger partial charge in [-0.3, -0.25) is 9.59 Å². The summed E-state index contributed by atoms with van der Waals surface area (Å²) in [5.74, 6) is -0.426. The van der Waals surface area contributed by atoms with Crippen LogP contribution in [0, 0.1) is 0 Å². The largest absolute Gasteiger partial charge is 0.472 e. The van der Waals surface area contributed by atoms with E-state index in [0.717, 1.165) is 0 Å². The molecule has 0 aliphatic carbocycles. The van der Waals surface area contributed by atoms with Crippen LogP contribution in [0.15, 0.2) is 0 Å². The molecule has 1 fully saturated rings. The Labute approximate surface area is 82.0 Å². The van der Waals surface area contributed by atoms with E-state index in [0.29, 0.717) is 12.8 Å². The van der Waals surface area contributed by atoms with Crippen LogP contribution in [0.1, 0.15) is 12.8 Å². The molecule has 78 valence electrons. The van der Waals surface area contributed by atoms with Crippen molar-refractivity contribution in [2.45, 2.75) is 18.9 Å². The lowest BCUT2D eigenvalue weighted by molar-refractivity contribution is -0.132. The lowest BCUT2D eigenvalue weighted by Gasteiger charge is -2.20. The smallest absolute Gasteiger partial charge is 0.426 e. The lowest BCUT2D eigenvalue weighted by Crippen LogP contribution is -2.46. The van der Waals surface area contributed by atoms with Gasteiger partial charge in [-0.2, -0.15) is 0 Å². The van der Waals surface area contributed by atoms with Crippen molar-refractivity contribution in [3.8, 4) is 0 Å². The van der Waals surface area contributed by atoms with Gasteiger partial charge in [-0.15, -0.1) is 0 Å². The molecule has 14 heavy (non-hydrogen) atoms. The van der Waals surface area contributed by atoms with Gasteiger partial charge < -0.3 is 20.3 Å². The van der Waals surface area contributed by atoms with Crippen LogP contribution in [0.4, 0.5) is 0 Å². The predicted molar refractivity (Wildman–Crippen MR) is 49.0 cm³/mol. The van der Waals surface area contributed by atoms with Gasteiger partial charge in [0.1, 0.15) is 6.04 Å². The first-order valence-electron chi connectivity index (χ1n) is 4.41. The van der Waals surface area contributed by atoms with E-state index < -0.39 is 13.2 Å². The van der Waals surface area contributed by atoms with Gasteiger partial charge in [0.15, 0.2) is 0 Å². The molecular formula is C7H13BN2O4. The molecule has 2 amide bonds. The highest BCUT2D eigenvalue weighted by molar-refractivity contribution is 6.41. The number of nitrogens with one attached hydrogen (secondary N) is 1. The number of carbonyl (C=O) groups excluding carboxylic acids is 2. The Kier molecular flexibility index (Phi) is 3.48. The molecule has 0 bridgehead atoms. The Morgan fingerprint density at radius 3 is 2.79 bits per heavy atom. The van der Waals surface area contributed by atoms with Crippen LogP contribution in [-0.4, -0.2) is 53.4 Å². The second kappa shape index (κ2) is 4.43. The Balaban J connectivity index is 2.44. The third-order valence-corrected chi connectivity index (χ3v) is 2.11. The minimum Gasteiger partial charge on any atom is -0.426 e. The average molecular weight is 200 g/mol. The van der Waals surface area contributed by atoms with Crippen LogP contribution in [0.2, 0.25) is 0 Å². The summed E-state index contributed by atoms with van der Waals surface area (Å²) in [7, 11) is -0.0762. The molecule has 1 atom stereocenters. The van der Waals surface area contributed by atoms with E-state index in [1.165, 1.54) is 11.9 Å². The van der Waals surface area contributed by atoms with Crippen molar-refractivity contribution in [3.63, 3.8) is 0 Å². The molecule has 1 aliphatic heterocycles. The summed E-state index contributed by atoms with van der Waals surface area (Å²) in [5, 5.41) is 19.8. The van der Waals surface area contributed by atoms with Crippen LogP contribution >= 0.6 is 0 Å². The number of amides is 2. The summed E-state index contributed by atoms with van der Waals surface area (Å²) < 4.78 is 0. The maximum Gasteiger partial charge on any atom is 0.472 e. The second-order valence-corrected chi connectivity index (χ2v) is 3.36. The van der Waals surface area contributed by atoms with Crippen molar-refractivity contribution in [1.82, 2.24) is 10.2 Å². The van der Waals surface area contributed by atoms with E-state index in [4.69, 9.17) is 10.0 Å². The SMILES string of the molecule is CN(CB(O)O)C(=O)[C@@H]1CCC(=O)N1. The maximum absolute atomic E-state index is 11.5. The number of nitrogens with zero attached hydrogens (tertiary/aromatic N) is 1. The molecule has 0 spiro atoms. The number of hydrogen-bond acceptors (Lipinski definition) is 4. The van der Waals surface area contributed by atoms with Crippen LogP contribution in [0.5, 0.6) is 0 Å². The van der Waals surface area contributed by atoms with E-state index in [2.05, 4.69) is 5.32 Å². The highest BCUT2D eigenvalue weighted by Gasteiger charge is 2.30. The zero-order chi connectivity index (χ0) is 10.7. The minimum atomic E-state index is -1.54. The molecule has 0 radical (unpaired) electrons. The zero-order valence-corrected chi connectivity index (χ0v) is 7.93. The molecule has 0 aromatic carbocycles. The maximum atomic E-state index is 11.5. The second-order valence-electron chi connectivity index (χ2n) is 3.36. The first-order chi connectivity index (χ1) is 6.50. The molecule has 1 aliphatic rings. The molecule has 1 rings (SSSR count). The van der Waals surface area contributed by atoms with Crippen LogP contribution in [0.3, 0.4) is 0 Å². The van der Waals surface area contributed by atoms with Crippen molar-refractivity contribution in [2.24, 2.45) is 0 Å². The third kappa shape index (κ3) is 2.71. The fourth-order valence-corrected chi connectivity index (χ4v) is 1.40. The normalized spacial score (nSPS) is 20.5. The zero-order valence-electron chi connectivity index (χ0n) is 7.93. The van der Waals surface area contributed by atoms with Crippen LogP contribution < -0.4 is 5.32 Å². The van der Waals surface area contributed by atoms with Gasteiger partial charge in [-0.05, 0) is 6.42 Å². The summed E-state index contributed by atoms with van der Waals surface area (Å²) in [5.41, 5.74) is 0. The molecule has 1 saturated heterocycles. The van der Waals surface area contributed by atoms with Gasteiger partial charge in [0.2, 0.25) is 11.8 Å². The molecule has 0 unspecified atom stereocenters. The van der Waals surface area contributed by atoms with Crippen molar-refractivity contribution in [3.05, 3.63) is 0 Å². The first kappa shape index (κ1) is 11.0. The van der Waals surface area contributed by atoms with E-state index in [1.54, 1.807) is 0 Å². The molecule has 6 nitrogen and oxygen atoms in total. The lowest BCUT2D eigenvalue weighted by atomic mass is 9.91. The van der Waals surface area contributed by atoms with Crippen molar-refractivity contribution in [2.75, 3.05) is 13.5 Å². The topological polar surface area (TPSA) is 89.9 Å². The Morgan fingerprint density at radius 2 is 2.36 bits per heavy atom. The van der Waals surface area contributed by atoms with Gasteiger partial charge in [0, 0.05) is 13.5 Å². The van der Waals surface area contributed by atoms with E-state index >= 15 is 0 Å². The summed E-state index contributed by atoms with van der Waals surface area (Å²) in [4.78, 5) is 23.5. The standard InChI is InChI=1S/C7H13BN2O4/c1-10(4-8(13)14)7(12)5-2-3-6(11)9-5/h5,13-14H,2-4H2,1H3,(H,9,11)/t5-/m0/s1. The van der Waals surface area contributed by atoms with Crippen LogP contribution in [-0.2, 0) is 9.59 Å². The number of rotatable bonds is 3. The molecular weight excluding hydrogens is 187 g/mol. The Hall–Kier alpha value is -1.08. The van der Waals surface area contributed by atoms with Crippen molar-refractivity contribution < 1.29 is 19.6 Å². The van der Waals surface area contributed by atoms with Gasteiger partial charge in [0.05, 0.1) is 6.44 Å². The predicted octanol–water partition coefficient (Wildman–Crippen LogP) is -2.26. The highest BCUT2D eigenvalue weighted by atomic mass is 16.4. The molecule has 0 saturated carbocycles. The van der Waals surface area contributed by atoms with Gasteiger partial charge in [0.25, 0.3) is 0 Å². The van der Waals surface area contributed by atoms with E-state index in [1.807, 2.05) is 0 Å². The van der Waals surface area contributed by atoms with Crippen molar-refractivity contribution >= 4 is 18.9 Å². The van der Waals surface area contributed by atoms with E-state index in [-0.39, 0.29) is 18.3 Å². The Morgan fingerprint density at radius 1 is 1.71 bits per heavy atom. The quantitative estimate of drug-likeness (QED) is 0.448. The minimum absolute atomic E-state index is 0.138. The fourth-order valence-electron chi connectivity index (χ4n) is 1.40. The average Bonchev–Trinajstić information content (AvgIpc) is 2.49. The van der Waals surface area contributed by atoms with Gasteiger partial charge in [-0.25, -0.2) is 0 Å². The monoisotopic (exact) mass is 200 g/mol. The molecule has 3 N–H and O–H groups in total. The first-order valence-corrected chi connectivity index (χ1v) is 4.41. The van der Waals surface area contributed by atoms with E-state index in [9.17, 15) is 9.59 Å². The number of carbonyl (C=O) groups is 2. The fraction of sp³-hybridized carbons (Fsp3) is 0.714. The highest BCUT2D eigenvalue weighted by Crippen LogP contribution is 2.08. The van der Waals surface area contributed by atoms with Gasteiger partial charge in [-0.1, -0.05) is 0 Å². The molecule has 0 aromatic rings. The number of likely N-dealkylation sites (N-methyl/N-ethyl adjacent to an activating group) is 1. The molecule has 7 heteroatoms. The summed E-state index contributed by atoms with van der Waals surface area (Å²) >= 11 is 0. The molecule has 0 aromatic heterocycles. The summed E-state index contributed by atoms with van der Waals surface area (Å²) in [6, 6.07) is -0.508. The van der Waals surface area contributed by atoms with Crippen LogP contribution in [0.25, 0.3) is 0 Å². The third-order valence-electron chi connectivity index (χ3n) is 2.11. The van der Waals surface area contributed by atoms with Crippen molar-refractivity contribution in [1.29, 1.82) is 0 Å². The number of hydrogen-bond donors (Lipinski definition) is 3.